The highest BCUT2D eigenvalue weighted by Gasteiger charge is 2.14. The molecule has 4 heteroatoms. The van der Waals surface area contributed by atoms with Crippen LogP contribution in [0.1, 0.15) is 15.9 Å². The lowest BCUT2D eigenvalue weighted by Crippen LogP contribution is -2.02. The summed E-state index contributed by atoms with van der Waals surface area (Å²) in [5.41, 5.74) is 2.15. The van der Waals surface area contributed by atoms with Gasteiger partial charge in [0.05, 0.1) is 25.2 Å². The number of carbonyl (C=O) groups excluding carboxylic acids is 1. The largest absolute Gasteiger partial charge is 0.465 e. The maximum atomic E-state index is 11.6. The van der Waals surface area contributed by atoms with E-state index in [1.54, 1.807) is 18.3 Å². The zero-order valence-corrected chi connectivity index (χ0v) is 8.78. The van der Waals surface area contributed by atoms with Crippen molar-refractivity contribution in [3.05, 3.63) is 35.5 Å². The number of ether oxygens (including phenoxy) is 1. The van der Waals surface area contributed by atoms with Crippen molar-refractivity contribution in [1.82, 2.24) is 4.98 Å². The summed E-state index contributed by atoms with van der Waals surface area (Å²) in [6.45, 7) is 0. The summed E-state index contributed by atoms with van der Waals surface area (Å²) in [6.07, 6.45) is 2.02. The first-order valence-corrected chi connectivity index (χ1v) is 4.82. The van der Waals surface area contributed by atoms with Crippen molar-refractivity contribution in [3.8, 4) is 6.07 Å². The number of aromatic amines is 1. The Labute approximate surface area is 92.4 Å². The first-order chi connectivity index (χ1) is 7.77. The molecule has 1 heterocycles. The van der Waals surface area contributed by atoms with Gasteiger partial charge in [0.25, 0.3) is 0 Å². The third-order valence-corrected chi connectivity index (χ3v) is 2.46. The number of hydrogen-bond donors (Lipinski definition) is 1. The molecule has 0 aliphatic rings. The van der Waals surface area contributed by atoms with Gasteiger partial charge in [0, 0.05) is 17.1 Å². The molecule has 1 aromatic heterocycles. The molecule has 2 aromatic rings. The highest BCUT2D eigenvalue weighted by atomic mass is 16.5. The first-order valence-electron chi connectivity index (χ1n) is 4.82. The molecule has 0 spiro atoms. The monoisotopic (exact) mass is 214 g/mol. The third-order valence-electron chi connectivity index (χ3n) is 2.46. The summed E-state index contributed by atoms with van der Waals surface area (Å²) in [6, 6.07) is 7.41. The van der Waals surface area contributed by atoms with Gasteiger partial charge in [-0.05, 0) is 17.7 Å². The number of rotatable bonds is 2. The van der Waals surface area contributed by atoms with E-state index in [1.165, 1.54) is 7.11 Å². The predicted octanol–water partition coefficient (Wildman–Crippen LogP) is 2.02. The second kappa shape index (κ2) is 4.07. The van der Waals surface area contributed by atoms with Gasteiger partial charge in [0.15, 0.2) is 0 Å². The Morgan fingerprint density at radius 2 is 2.38 bits per heavy atom. The molecule has 4 nitrogen and oxygen atoms in total. The molecule has 0 aliphatic heterocycles. The van der Waals surface area contributed by atoms with Gasteiger partial charge in [0.1, 0.15) is 0 Å². The van der Waals surface area contributed by atoms with E-state index >= 15 is 0 Å². The number of methoxy groups -OCH3 is 1. The lowest BCUT2D eigenvalue weighted by Gasteiger charge is -2.02. The second-order valence-electron chi connectivity index (χ2n) is 3.37. The Balaban J connectivity index is 2.69. The average Bonchev–Trinajstić information content (AvgIpc) is 2.72. The van der Waals surface area contributed by atoms with Crippen LogP contribution in [0.15, 0.2) is 24.4 Å². The molecule has 80 valence electrons. The maximum absolute atomic E-state index is 11.6. The Bertz CT molecular complexity index is 578. The highest BCUT2D eigenvalue weighted by Crippen LogP contribution is 2.23. The molecule has 0 amide bonds. The van der Waals surface area contributed by atoms with Crippen LogP contribution in [0.5, 0.6) is 0 Å². The lowest BCUT2D eigenvalue weighted by atomic mass is 10.0. The molecular formula is C12H10N2O2. The van der Waals surface area contributed by atoms with E-state index in [9.17, 15) is 4.79 Å². The number of nitriles is 1. The van der Waals surface area contributed by atoms with Gasteiger partial charge in [-0.25, -0.2) is 4.79 Å². The van der Waals surface area contributed by atoms with E-state index < -0.39 is 0 Å². The maximum Gasteiger partial charge on any atom is 0.338 e. The first kappa shape index (κ1) is 10.2. The van der Waals surface area contributed by atoms with Crippen LogP contribution >= 0.6 is 0 Å². The van der Waals surface area contributed by atoms with Crippen LogP contribution in [0.4, 0.5) is 0 Å². The van der Waals surface area contributed by atoms with Crippen molar-refractivity contribution in [3.63, 3.8) is 0 Å². The van der Waals surface area contributed by atoms with E-state index in [0.29, 0.717) is 5.56 Å². The summed E-state index contributed by atoms with van der Waals surface area (Å²) in [7, 11) is 1.35. The molecule has 0 atom stereocenters. The Morgan fingerprint density at radius 1 is 1.56 bits per heavy atom. The SMILES string of the molecule is COC(=O)c1cccc2[nH]cc(CC#N)c12. The standard InChI is InChI=1S/C12H10N2O2/c1-16-12(15)9-3-2-4-10-11(9)8(5-6-13)7-14-10/h2-4,7,14H,5H2,1H3. The fourth-order valence-corrected chi connectivity index (χ4v) is 1.76. The number of carbonyl (C=O) groups is 1. The van der Waals surface area contributed by atoms with Gasteiger partial charge in [-0.2, -0.15) is 5.26 Å². The predicted molar refractivity (Wildman–Crippen MR) is 59.0 cm³/mol. The van der Waals surface area contributed by atoms with E-state index in [0.717, 1.165) is 16.5 Å². The number of aromatic nitrogens is 1. The molecule has 0 saturated heterocycles. The van der Waals surface area contributed by atoms with Gasteiger partial charge in [-0.1, -0.05) is 6.07 Å². The minimum Gasteiger partial charge on any atom is -0.465 e. The number of benzene rings is 1. The van der Waals surface area contributed by atoms with E-state index in [4.69, 9.17) is 10.00 Å². The van der Waals surface area contributed by atoms with Crippen molar-refractivity contribution in [2.24, 2.45) is 0 Å². The molecular weight excluding hydrogens is 204 g/mol. The molecule has 0 saturated carbocycles. The molecule has 0 bridgehead atoms. The van der Waals surface area contributed by atoms with Crippen LogP contribution in [0, 0.1) is 11.3 Å². The smallest absolute Gasteiger partial charge is 0.338 e. The van der Waals surface area contributed by atoms with Crippen LogP contribution in [0.3, 0.4) is 0 Å². The number of nitrogens with one attached hydrogen (secondary N) is 1. The van der Waals surface area contributed by atoms with Crippen molar-refractivity contribution < 1.29 is 9.53 Å². The topological polar surface area (TPSA) is 65.9 Å². The molecule has 0 radical (unpaired) electrons. The number of H-pyrrole nitrogens is 1. The minimum atomic E-state index is -0.385. The van der Waals surface area contributed by atoms with Gasteiger partial charge >= 0.3 is 5.97 Å². The summed E-state index contributed by atoms with van der Waals surface area (Å²) in [5, 5.41) is 9.48. The van der Waals surface area contributed by atoms with E-state index in [2.05, 4.69) is 11.1 Å². The zero-order chi connectivity index (χ0) is 11.5. The van der Waals surface area contributed by atoms with Crippen LogP contribution in [0.25, 0.3) is 10.9 Å². The third kappa shape index (κ3) is 1.52. The quantitative estimate of drug-likeness (QED) is 0.778. The van der Waals surface area contributed by atoms with Gasteiger partial charge in [0.2, 0.25) is 0 Å². The van der Waals surface area contributed by atoms with Crippen molar-refractivity contribution >= 4 is 16.9 Å². The Morgan fingerprint density at radius 3 is 3.06 bits per heavy atom. The molecule has 0 aliphatic carbocycles. The number of nitrogens with zero attached hydrogens (tertiary/aromatic N) is 1. The fourth-order valence-electron chi connectivity index (χ4n) is 1.76. The number of hydrogen-bond acceptors (Lipinski definition) is 3. The molecule has 16 heavy (non-hydrogen) atoms. The van der Waals surface area contributed by atoms with E-state index in [1.807, 2.05) is 6.07 Å². The van der Waals surface area contributed by atoms with Crippen LogP contribution in [0.2, 0.25) is 0 Å². The normalized spacial score (nSPS) is 10.0. The molecule has 2 rings (SSSR count). The molecule has 1 aromatic carbocycles. The van der Waals surface area contributed by atoms with Gasteiger partial charge in [-0.15, -0.1) is 0 Å². The van der Waals surface area contributed by atoms with Gasteiger partial charge < -0.3 is 9.72 Å². The minimum absolute atomic E-state index is 0.272. The molecule has 0 fully saturated rings. The van der Waals surface area contributed by atoms with Crippen molar-refractivity contribution in [1.29, 1.82) is 5.26 Å². The van der Waals surface area contributed by atoms with Crippen LogP contribution in [-0.4, -0.2) is 18.1 Å². The zero-order valence-electron chi connectivity index (χ0n) is 8.78. The molecule has 0 unspecified atom stereocenters. The van der Waals surface area contributed by atoms with Gasteiger partial charge in [-0.3, -0.25) is 0 Å². The number of esters is 1. The second-order valence-corrected chi connectivity index (χ2v) is 3.37. The fraction of sp³-hybridized carbons (Fsp3) is 0.167. The van der Waals surface area contributed by atoms with E-state index in [-0.39, 0.29) is 12.4 Å². The lowest BCUT2D eigenvalue weighted by molar-refractivity contribution is 0.0603. The summed E-state index contributed by atoms with van der Waals surface area (Å²) >= 11 is 0. The number of fused-ring (bicyclic) bond motifs is 1. The van der Waals surface area contributed by atoms with Crippen molar-refractivity contribution in [2.75, 3.05) is 7.11 Å². The average molecular weight is 214 g/mol. The van der Waals surface area contributed by atoms with Crippen molar-refractivity contribution in [2.45, 2.75) is 6.42 Å². The summed E-state index contributed by atoms with van der Waals surface area (Å²) in [4.78, 5) is 14.6. The highest BCUT2D eigenvalue weighted by molar-refractivity contribution is 6.05. The Hall–Kier alpha value is -2.28. The molecule has 1 N–H and O–H groups in total. The van der Waals surface area contributed by atoms with Crippen LogP contribution in [-0.2, 0) is 11.2 Å². The summed E-state index contributed by atoms with van der Waals surface area (Å²) < 4.78 is 4.71. The van der Waals surface area contributed by atoms with Crippen LogP contribution < -0.4 is 0 Å². The summed E-state index contributed by atoms with van der Waals surface area (Å²) in [5.74, 6) is -0.385. The Kier molecular flexibility index (Phi) is 2.61.